The van der Waals surface area contributed by atoms with E-state index in [0.717, 1.165) is 12.8 Å². The molecule has 2 aliphatic heterocycles. The van der Waals surface area contributed by atoms with Gasteiger partial charge in [0, 0.05) is 19.1 Å². The fraction of sp³-hybridized carbons (Fsp3) is 0.696. The number of halogens is 4. The molecule has 0 radical (unpaired) electrons. The Hall–Kier alpha value is -2.11. The van der Waals surface area contributed by atoms with Crippen molar-refractivity contribution in [2.75, 3.05) is 19.7 Å². The van der Waals surface area contributed by atoms with Crippen molar-refractivity contribution in [3.05, 3.63) is 22.7 Å². The lowest BCUT2D eigenvalue weighted by molar-refractivity contribution is -0.145. The van der Waals surface area contributed by atoms with Crippen LogP contribution in [-0.2, 0) is 11.3 Å². The molecule has 2 unspecified atom stereocenters. The second-order valence-corrected chi connectivity index (χ2v) is 10.4. The lowest BCUT2D eigenvalue weighted by Crippen LogP contribution is -2.62. The summed E-state index contributed by atoms with van der Waals surface area (Å²) in [5.41, 5.74) is -1.21. The Bertz CT molecular complexity index is 1050. The first-order valence-electron chi connectivity index (χ1n) is 12.0. The number of aliphatic hydroxyl groups is 2. The van der Waals surface area contributed by atoms with Gasteiger partial charge >= 0.3 is 6.18 Å². The number of amides is 2. The summed E-state index contributed by atoms with van der Waals surface area (Å²) in [5.74, 6) is -1.63. The molecule has 35 heavy (non-hydrogen) atoms. The van der Waals surface area contributed by atoms with Crippen LogP contribution < -0.4 is 0 Å². The van der Waals surface area contributed by atoms with Crippen molar-refractivity contribution in [2.24, 2.45) is 11.8 Å². The molecular weight excluding hydrogens is 489 g/mol. The molecule has 1 aromatic heterocycles. The molecule has 0 spiro atoms. The number of carbonyl (C=O) groups excluding carboxylic acids is 2. The van der Waals surface area contributed by atoms with Crippen molar-refractivity contribution in [3.63, 3.8) is 0 Å². The monoisotopic (exact) mass is 516 g/mol. The topological polar surface area (TPSA) is 98.9 Å². The first-order valence-corrected chi connectivity index (χ1v) is 12.4. The van der Waals surface area contributed by atoms with Crippen LogP contribution in [0.5, 0.6) is 0 Å². The van der Waals surface area contributed by atoms with Crippen molar-refractivity contribution in [1.29, 1.82) is 0 Å². The van der Waals surface area contributed by atoms with Crippen molar-refractivity contribution >= 4 is 29.0 Å². The van der Waals surface area contributed by atoms with E-state index in [2.05, 4.69) is 4.98 Å². The second kappa shape index (κ2) is 9.08. The van der Waals surface area contributed by atoms with Gasteiger partial charge in [0.1, 0.15) is 17.5 Å². The number of allylic oxidation sites excluding steroid dienone is 2. The second-order valence-electron chi connectivity index (χ2n) is 10.1. The van der Waals surface area contributed by atoms with Crippen molar-refractivity contribution in [2.45, 2.75) is 69.4 Å². The van der Waals surface area contributed by atoms with Crippen LogP contribution in [0.25, 0.3) is 5.57 Å². The first kappa shape index (κ1) is 24.6. The van der Waals surface area contributed by atoms with Gasteiger partial charge in [0.2, 0.25) is 5.91 Å². The fourth-order valence-electron chi connectivity index (χ4n) is 5.67. The Morgan fingerprint density at radius 3 is 2.43 bits per heavy atom. The molecule has 2 N–H and O–H groups in total. The quantitative estimate of drug-likeness (QED) is 0.640. The van der Waals surface area contributed by atoms with Crippen molar-refractivity contribution in [1.82, 2.24) is 19.4 Å². The Balaban J connectivity index is 1.39. The van der Waals surface area contributed by atoms with Crippen LogP contribution in [0.1, 0.15) is 54.8 Å². The summed E-state index contributed by atoms with van der Waals surface area (Å²) in [4.78, 5) is 33.2. The van der Waals surface area contributed by atoms with E-state index in [0.29, 0.717) is 25.7 Å². The van der Waals surface area contributed by atoms with Crippen LogP contribution in [0, 0.1) is 11.8 Å². The van der Waals surface area contributed by atoms with Gasteiger partial charge in [0.05, 0.1) is 24.3 Å². The molecular formula is C23H28ClF3N4O4. The van der Waals surface area contributed by atoms with E-state index < -0.39 is 29.8 Å². The Kier molecular flexibility index (Phi) is 6.38. The van der Waals surface area contributed by atoms with Gasteiger partial charge in [-0.2, -0.15) is 13.2 Å². The summed E-state index contributed by atoms with van der Waals surface area (Å²) >= 11 is 6.42. The standard InChI is InChI=1S/C23H28ClF3N4O4/c24-20-19(28-21-17(23(25,26)27)7-13(8-30(20)21)12-1-2-12)22(35)29-9-15(11-32)31(18(34)10-29)14-3-5-16(33)6-4-14/h7,12-16,32-33H,1-6,8-11H2. The third-order valence-corrected chi connectivity index (χ3v) is 8.04. The summed E-state index contributed by atoms with van der Waals surface area (Å²) < 4.78 is 42.7. The molecule has 5 rings (SSSR count). The molecule has 0 bridgehead atoms. The molecule has 2 amide bonds. The summed E-state index contributed by atoms with van der Waals surface area (Å²) in [6.07, 6.45) is 0.193. The highest BCUT2D eigenvalue weighted by Crippen LogP contribution is 2.46. The van der Waals surface area contributed by atoms with E-state index in [9.17, 15) is 33.0 Å². The molecule has 2 aliphatic carbocycles. The van der Waals surface area contributed by atoms with Crippen LogP contribution in [0.3, 0.4) is 0 Å². The maximum absolute atomic E-state index is 13.8. The van der Waals surface area contributed by atoms with Crippen LogP contribution in [0.15, 0.2) is 6.08 Å². The highest BCUT2D eigenvalue weighted by Gasteiger charge is 2.46. The number of hydrogen-bond acceptors (Lipinski definition) is 5. The predicted molar refractivity (Wildman–Crippen MR) is 119 cm³/mol. The molecule has 1 saturated heterocycles. The minimum absolute atomic E-state index is 0.0192. The number of alkyl halides is 3. The zero-order chi connectivity index (χ0) is 25.1. The Labute approximate surface area is 205 Å². The first-order chi connectivity index (χ1) is 16.6. The summed E-state index contributed by atoms with van der Waals surface area (Å²) in [6.45, 7) is -0.408. The number of carbonyl (C=O) groups is 2. The van der Waals surface area contributed by atoms with E-state index in [1.54, 1.807) is 4.90 Å². The van der Waals surface area contributed by atoms with Gasteiger partial charge in [-0.15, -0.1) is 0 Å². The van der Waals surface area contributed by atoms with Gasteiger partial charge in [-0.05, 0) is 50.4 Å². The zero-order valence-electron chi connectivity index (χ0n) is 19.0. The zero-order valence-corrected chi connectivity index (χ0v) is 19.8. The smallest absolute Gasteiger partial charge is 0.394 e. The van der Waals surface area contributed by atoms with E-state index in [1.807, 2.05) is 0 Å². The number of aromatic nitrogens is 2. The summed E-state index contributed by atoms with van der Waals surface area (Å²) in [7, 11) is 0. The number of piperazine rings is 1. The lowest BCUT2D eigenvalue weighted by atomic mass is 9.90. The highest BCUT2D eigenvalue weighted by molar-refractivity contribution is 6.32. The van der Waals surface area contributed by atoms with Crippen LogP contribution in [-0.4, -0.2) is 85.4 Å². The molecule has 4 aliphatic rings. The predicted octanol–water partition coefficient (Wildman–Crippen LogP) is 2.47. The summed E-state index contributed by atoms with van der Waals surface area (Å²) in [6, 6.07) is -0.788. The van der Waals surface area contributed by atoms with Gasteiger partial charge in [-0.1, -0.05) is 17.7 Å². The number of fused-ring (bicyclic) bond motifs is 1. The third-order valence-electron chi connectivity index (χ3n) is 7.65. The number of imidazole rings is 1. The van der Waals surface area contributed by atoms with Crippen molar-refractivity contribution < 1.29 is 33.0 Å². The maximum atomic E-state index is 13.8. The summed E-state index contributed by atoms with van der Waals surface area (Å²) in [5, 5.41) is 19.6. The fourth-order valence-corrected chi connectivity index (χ4v) is 5.94. The van der Waals surface area contributed by atoms with Crippen molar-refractivity contribution in [3.8, 4) is 0 Å². The molecule has 8 nitrogen and oxygen atoms in total. The van der Waals surface area contributed by atoms with Gasteiger partial charge in [0.15, 0.2) is 5.69 Å². The van der Waals surface area contributed by atoms with E-state index >= 15 is 0 Å². The van der Waals surface area contributed by atoms with Crippen LogP contribution in [0.4, 0.5) is 13.2 Å². The van der Waals surface area contributed by atoms with Gasteiger partial charge in [-0.25, -0.2) is 4.98 Å². The van der Waals surface area contributed by atoms with E-state index in [-0.39, 0.29) is 66.7 Å². The Morgan fingerprint density at radius 2 is 1.83 bits per heavy atom. The molecule has 2 saturated carbocycles. The maximum Gasteiger partial charge on any atom is 0.419 e. The van der Waals surface area contributed by atoms with Gasteiger partial charge in [0.25, 0.3) is 5.91 Å². The average Bonchev–Trinajstić information content (AvgIpc) is 3.61. The van der Waals surface area contributed by atoms with E-state index in [1.165, 1.54) is 15.5 Å². The van der Waals surface area contributed by atoms with Crippen LogP contribution in [0.2, 0.25) is 5.15 Å². The number of nitrogens with zero attached hydrogens (tertiary/aromatic N) is 4. The van der Waals surface area contributed by atoms with Crippen LogP contribution >= 0.6 is 11.6 Å². The molecule has 3 fully saturated rings. The molecule has 1 aromatic rings. The lowest BCUT2D eigenvalue weighted by Gasteiger charge is -2.45. The van der Waals surface area contributed by atoms with E-state index in [4.69, 9.17) is 11.6 Å². The number of aliphatic hydroxyl groups excluding tert-OH is 2. The van der Waals surface area contributed by atoms with Gasteiger partial charge < -0.3 is 24.6 Å². The molecule has 3 heterocycles. The molecule has 0 aromatic carbocycles. The SMILES string of the molecule is O=C(c1nc2n(c1Cl)CC(C1CC1)C=C2C(F)(F)F)N1CC(=O)N(C2CCC(O)CC2)C(CO)C1. The number of rotatable bonds is 4. The highest BCUT2D eigenvalue weighted by atomic mass is 35.5. The normalized spacial score (nSPS) is 29.8. The number of hydrogen-bond donors (Lipinski definition) is 2. The molecule has 12 heteroatoms. The largest absolute Gasteiger partial charge is 0.419 e. The van der Waals surface area contributed by atoms with Gasteiger partial charge in [-0.3, -0.25) is 9.59 Å². The average molecular weight is 517 g/mol. The minimum atomic E-state index is -4.64. The molecule has 2 atom stereocenters. The third kappa shape index (κ3) is 4.58. The molecule has 192 valence electrons. The minimum Gasteiger partial charge on any atom is -0.394 e. The Morgan fingerprint density at radius 1 is 1.14 bits per heavy atom.